The lowest BCUT2D eigenvalue weighted by Crippen LogP contribution is -2.33. The first-order chi connectivity index (χ1) is 13.2. The number of benzene rings is 1. The van der Waals surface area contributed by atoms with Gasteiger partial charge in [-0.2, -0.15) is 10.5 Å². The van der Waals surface area contributed by atoms with E-state index in [1.165, 1.54) is 24.5 Å². The molecule has 6 nitrogen and oxygen atoms in total. The highest BCUT2D eigenvalue weighted by atomic mass is 15.1. The maximum Gasteiger partial charge on any atom is 0.146 e. The van der Waals surface area contributed by atoms with E-state index >= 15 is 0 Å². The second-order valence-corrected chi connectivity index (χ2v) is 6.96. The van der Waals surface area contributed by atoms with Gasteiger partial charge in [-0.15, -0.1) is 0 Å². The molecular formula is C21H24N6. The first-order valence-electron chi connectivity index (χ1n) is 9.30. The number of aromatic nitrogens is 1. The molecule has 0 amide bonds. The van der Waals surface area contributed by atoms with Gasteiger partial charge < -0.3 is 11.1 Å². The van der Waals surface area contributed by atoms with Crippen molar-refractivity contribution >= 4 is 11.6 Å². The molecule has 0 aliphatic carbocycles. The standard InChI is InChI=1S/C21H24N6/c22-13-18-12-19(14-23)21(26-20(18)24)25-9-6-16-7-10-27(11-8-16)15-17-4-2-1-3-5-17/h1-5,12,16H,6-11,15H2,(H3,24,25,26). The molecule has 0 bridgehead atoms. The Morgan fingerprint density at radius 1 is 1.11 bits per heavy atom. The monoisotopic (exact) mass is 360 g/mol. The van der Waals surface area contributed by atoms with Crippen LogP contribution in [-0.4, -0.2) is 29.5 Å². The third-order valence-electron chi connectivity index (χ3n) is 5.09. The molecule has 6 heteroatoms. The minimum absolute atomic E-state index is 0.160. The fraction of sp³-hybridized carbons (Fsp3) is 0.381. The lowest BCUT2D eigenvalue weighted by molar-refractivity contribution is 0.174. The fourth-order valence-corrected chi connectivity index (χ4v) is 3.51. The van der Waals surface area contributed by atoms with Crippen LogP contribution in [0, 0.1) is 28.6 Å². The second kappa shape index (κ2) is 9.02. The maximum absolute atomic E-state index is 9.24. The lowest BCUT2D eigenvalue weighted by Gasteiger charge is -2.32. The Kier molecular flexibility index (Phi) is 6.25. The summed E-state index contributed by atoms with van der Waals surface area (Å²) >= 11 is 0. The molecule has 1 saturated heterocycles. The first kappa shape index (κ1) is 18.7. The number of piperidine rings is 1. The van der Waals surface area contributed by atoms with Crippen molar-refractivity contribution in [3.05, 3.63) is 53.1 Å². The van der Waals surface area contributed by atoms with Crippen LogP contribution in [0.2, 0.25) is 0 Å². The maximum atomic E-state index is 9.24. The third kappa shape index (κ3) is 4.97. The van der Waals surface area contributed by atoms with Crippen molar-refractivity contribution in [2.75, 3.05) is 30.7 Å². The quantitative estimate of drug-likeness (QED) is 0.820. The van der Waals surface area contributed by atoms with Crippen molar-refractivity contribution in [1.29, 1.82) is 10.5 Å². The summed E-state index contributed by atoms with van der Waals surface area (Å²) in [4.78, 5) is 6.68. The lowest BCUT2D eigenvalue weighted by atomic mass is 9.93. The molecule has 2 heterocycles. The normalized spacial score (nSPS) is 15.0. The molecule has 1 aromatic carbocycles. The summed E-state index contributed by atoms with van der Waals surface area (Å²) in [6, 6.07) is 16.1. The van der Waals surface area contributed by atoms with Gasteiger partial charge in [0.15, 0.2) is 0 Å². The van der Waals surface area contributed by atoms with Crippen LogP contribution in [0.4, 0.5) is 11.6 Å². The molecule has 0 atom stereocenters. The average Bonchev–Trinajstić information content (AvgIpc) is 2.70. The summed E-state index contributed by atoms with van der Waals surface area (Å²) in [5.74, 6) is 1.30. The van der Waals surface area contributed by atoms with E-state index in [4.69, 9.17) is 11.0 Å². The van der Waals surface area contributed by atoms with Crippen molar-refractivity contribution in [2.24, 2.45) is 5.92 Å². The molecule has 27 heavy (non-hydrogen) atoms. The Labute approximate surface area is 160 Å². The van der Waals surface area contributed by atoms with Crippen LogP contribution in [0.5, 0.6) is 0 Å². The molecule has 138 valence electrons. The Morgan fingerprint density at radius 3 is 2.48 bits per heavy atom. The number of hydrogen-bond acceptors (Lipinski definition) is 6. The zero-order valence-electron chi connectivity index (χ0n) is 15.4. The van der Waals surface area contributed by atoms with Gasteiger partial charge in [-0.3, -0.25) is 4.90 Å². The van der Waals surface area contributed by atoms with Gasteiger partial charge in [0.2, 0.25) is 0 Å². The summed E-state index contributed by atoms with van der Waals surface area (Å²) in [6.07, 6.45) is 3.40. The molecule has 1 fully saturated rings. The van der Waals surface area contributed by atoms with Crippen LogP contribution in [0.1, 0.15) is 36.0 Å². The Morgan fingerprint density at radius 2 is 1.81 bits per heavy atom. The van der Waals surface area contributed by atoms with Gasteiger partial charge >= 0.3 is 0 Å². The highest BCUT2D eigenvalue weighted by molar-refractivity contribution is 5.62. The van der Waals surface area contributed by atoms with Crippen molar-refractivity contribution in [2.45, 2.75) is 25.8 Å². The first-order valence-corrected chi connectivity index (χ1v) is 9.30. The average molecular weight is 360 g/mol. The van der Waals surface area contributed by atoms with Crippen molar-refractivity contribution in [3.63, 3.8) is 0 Å². The zero-order chi connectivity index (χ0) is 19.1. The number of pyridine rings is 1. The Balaban J connectivity index is 1.45. The zero-order valence-corrected chi connectivity index (χ0v) is 15.4. The van der Waals surface area contributed by atoms with Gasteiger partial charge in [0.1, 0.15) is 23.8 Å². The molecule has 1 aromatic heterocycles. The van der Waals surface area contributed by atoms with Crippen molar-refractivity contribution < 1.29 is 0 Å². The number of nitrogens with zero attached hydrogens (tertiary/aromatic N) is 4. The Bertz CT molecular complexity index is 841. The molecule has 2 aromatic rings. The third-order valence-corrected chi connectivity index (χ3v) is 5.09. The van der Waals surface area contributed by atoms with Crippen molar-refractivity contribution in [3.8, 4) is 12.1 Å². The van der Waals surface area contributed by atoms with E-state index in [-0.39, 0.29) is 11.4 Å². The van der Waals surface area contributed by atoms with Crippen LogP contribution in [0.25, 0.3) is 0 Å². The molecule has 0 radical (unpaired) electrons. The second-order valence-electron chi connectivity index (χ2n) is 6.96. The van der Waals surface area contributed by atoms with E-state index in [2.05, 4.69) is 51.6 Å². The van der Waals surface area contributed by atoms with Crippen LogP contribution in [0.3, 0.4) is 0 Å². The molecule has 3 rings (SSSR count). The predicted molar refractivity (Wildman–Crippen MR) is 106 cm³/mol. The minimum Gasteiger partial charge on any atom is -0.383 e. The van der Waals surface area contributed by atoms with Crippen molar-refractivity contribution in [1.82, 2.24) is 9.88 Å². The molecular weight excluding hydrogens is 336 g/mol. The molecule has 1 aliphatic rings. The number of nitriles is 2. The van der Waals surface area contributed by atoms with E-state index in [1.807, 2.05) is 6.07 Å². The number of likely N-dealkylation sites (tertiary alicyclic amines) is 1. The minimum atomic E-state index is 0.160. The smallest absolute Gasteiger partial charge is 0.146 e. The Hall–Kier alpha value is -3.09. The topological polar surface area (TPSA) is 102 Å². The summed E-state index contributed by atoms with van der Waals surface area (Å²) < 4.78 is 0. The number of hydrogen-bond donors (Lipinski definition) is 2. The van der Waals surface area contributed by atoms with E-state index in [0.29, 0.717) is 17.3 Å². The highest BCUT2D eigenvalue weighted by Crippen LogP contribution is 2.23. The molecule has 0 saturated carbocycles. The number of anilines is 2. The van der Waals surface area contributed by atoms with E-state index in [9.17, 15) is 5.26 Å². The van der Waals surface area contributed by atoms with Gasteiger partial charge in [-0.05, 0) is 49.9 Å². The molecule has 1 aliphatic heterocycles. The van der Waals surface area contributed by atoms with Gasteiger partial charge in [-0.25, -0.2) is 4.98 Å². The SMILES string of the molecule is N#Cc1cc(C#N)c(NCCC2CCN(Cc3ccccc3)CC2)nc1N. The summed E-state index contributed by atoms with van der Waals surface area (Å²) in [7, 11) is 0. The van der Waals surface area contributed by atoms with Crippen LogP contribution in [0.15, 0.2) is 36.4 Å². The summed E-state index contributed by atoms with van der Waals surface area (Å²) in [6.45, 7) is 4.00. The van der Waals surface area contributed by atoms with Crippen LogP contribution >= 0.6 is 0 Å². The highest BCUT2D eigenvalue weighted by Gasteiger charge is 2.19. The van der Waals surface area contributed by atoms with E-state index in [0.717, 1.165) is 32.6 Å². The van der Waals surface area contributed by atoms with Gasteiger partial charge in [0.25, 0.3) is 0 Å². The van der Waals surface area contributed by atoms with Crippen LogP contribution < -0.4 is 11.1 Å². The van der Waals surface area contributed by atoms with Crippen LogP contribution in [-0.2, 0) is 6.54 Å². The van der Waals surface area contributed by atoms with Gasteiger partial charge in [0, 0.05) is 13.1 Å². The largest absolute Gasteiger partial charge is 0.383 e. The summed E-state index contributed by atoms with van der Waals surface area (Å²) in [5.41, 5.74) is 7.73. The number of nitrogens with two attached hydrogens (primary N) is 1. The fourth-order valence-electron chi connectivity index (χ4n) is 3.51. The predicted octanol–water partition coefficient (Wildman–Crippen LogP) is 3.12. The molecule has 0 unspecified atom stereocenters. The number of nitrogens with one attached hydrogen (secondary N) is 1. The van der Waals surface area contributed by atoms with Gasteiger partial charge in [-0.1, -0.05) is 30.3 Å². The number of nitrogen functional groups attached to an aromatic ring is 1. The van der Waals surface area contributed by atoms with E-state index < -0.39 is 0 Å². The molecule has 0 spiro atoms. The van der Waals surface area contributed by atoms with E-state index in [1.54, 1.807) is 0 Å². The van der Waals surface area contributed by atoms with Gasteiger partial charge in [0.05, 0.1) is 11.1 Å². The molecule has 3 N–H and O–H groups in total. The summed E-state index contributed by atoms with van der Waals surface area (Å²) in [5, 5.41) is 21.4. The number of rotatable bonds is 6.